The molecule has 0 aromatic carbocycles. The average molecular weight is 321 g/mol. The van der Waals surface area contributed by atoms with Crippen LogP contribution in [0.15, 0.2) is 15.7 Å². The number of carbonyl (C=O) groups is 1. The monoisotopic (exact) mass is 321 g/mol. The van der Waals surface area contributed by atoms with E-state index in [2.05, 4.69) is 0 Å². The lowest BCUT2D eigenvalue weighted by Gasteiger charge is -2.33. The average Bonchev–Trinajstić information content (AvgIpc) is 2.77. The Labute approximate surface area is 120 Å². The predicted molar refractivity (Wildman–Crippen MR) is 76.6 cm³/mol. The van der Waals surface area contributed by atoms with Crippen molar-refractivity contribution in [2.45, 2.75) is 28.6 Å². The van der Waals surface area contributed by atoms with Crippen molar-refractivity contribution in [1.29, 1.82) is 0 Å². The van der Waals surface area contributed by atoms with Gasteiger partial charge in [0, 0.05) is 29.0 Å². The molecule has 1 aliphatic heterocycles. The summed E-state index contributed by atoms with van der Waals surface area (Å²) in [6, 6.07) is 1.24. The van der Waals surface area contributed by atoms with Gasteiger partial charge in [0.1, 0.15) is 4.21 Å². The molecule has 2 heterocycles. The van der Waals surface area contributed by atoms with Gasteiger partial charge in [-0.15, -0.1) is 11.3 Å². The van der Waals surface area contributed by atoms with Crippen molar-refractivity contribution in [3.8, 4) is 0 Å². The quantitative estimate of drug-likeness (QED) is 0.921. The van der Waals surface area contributed by atoms with Gasteiger partial charge in [0.15, 0.2) is 0 Å². The number of hydrogen-bond donors (Lipinski definition) is 1. The normalized spacial score (nSPS) is 25.4. The lowest BCUT2D eigenvalue weighted by Crippen LogP contribution is -2.43. The summed E-state index contributed by atoms with van der Waals surface area (Å²) >= 11 is 2.73. The molecule has 0 saturated carbocycles. The van der Waals surface area contributed by atoms with E-state index in [1.54, 1.807) is 11.8 Å². The molecule has 1 fully saturated rings. The second-order valence-electron chi connectivity index (χ2n) is 4.54. The molecular formula is C11H15NO4S3. The van der Waals surface area contributed by atoms with Gasteiger partial charge in [-0.2, -0.15) is 16.1 Å². The first-order valence-corrected chi connectivity index (χ1v) is 9.04. The van der Waals surface area contributed by atoms with Crippen LogP contribution >= 0.6 is 23.1 Å². The van der Waals surface area contributed by atoms with Gasteiger partial charge in [0.05, 0.1) is 5.56 Å². The molecule has 0 bridgehead atoms. The maximum absolute atomic E-state index is 12.4. The first kappa shape index (κ1) is 14.8. The molecule has 106 valence electrons. The van der Waals surface area contributed by atoms with Gasteiger partial charge in [0.2, 0.25) is 0 Å². The molecule has 0 aliphatic carbocycles. The molecule has 0 spiro atoms. The summed E-state index contributed by atoms with van der Waals surface area (Å²) in [5.74, 6) is -1.10. The van der Waals surface area contributed by atoms with Crippen molar-refractivity contribution < 1.29 is 18.3 Å². The molecule has 1 saturated heterocycles. The first-order chi connectivity index (χ1) is 8.80. The Bertz CT molecular complexity index is 571. The van der Waals surface area contributed by atoms with Crippen LogP contribution in [0.2, 0.25) is 0 Å². The van der Waals surface area contributed by atoms with Crippen molar-refractivity contribution in [1.82, 2.24) is 4.31 Å². The highest BCUT2D eigenvalue weighted by atomic mass is 32.2. The highest BCUT2D eigenvalue weighted by Crippen LogP contribution is 2.31. The fraction of sp³-hybridized carbons (Fsp3) is 0.545. The van der Waals surface area contributed by atoms with E-state index in [0.717, 1.165) is 11.3 Å². The molecule has 2 unspecified atom stereocenters. The van der Waals surface area contributed by atoms with Crippen LogP contribution in [0, 0.1) is 0 Å². The van der Waals surface area contributed by atoms with Gasteiger partial charge < -0.3 is 5.11 Å². The Kier molecular flexibility index (Phi) is 4.24. The van der Waals surface area contributed by atoms with E-state index in [4.69, 9.17) is 5.11 Å². The second-order valence-corrected chi connectivity index (χ2v) is 9.50. The van der Waals surface area contributed by atoms with E-state index < -0.39 is 16.0 Å². The third-order valence-electron chi connectivity index (χ3n) is 2.80. The van der Waals surface area contributed by atoms with Crippen LogP contribution in [0.25, 0.3) is 0 Å². The summed E-state index contributed by atoms with van der Waals surface area (Å²) in [6.45, 7) is 4.94. The number of carboxylic acid groups (broad SMARTS) is 1. The van der Waals surface area contributed by atoms with Crippen molar-refractivity contribution in [3.63, 3.8) is 0 Å². The van der Waals surface area contributed by atoms with Crippen LogP contribution in [-0.2, 0) is 10.0 Å². The standard InChI is InChI=1S/C11H15NO4S3/c1-7-4-12(5-8(2)18-7)19(15,16)10-3-9(6-17-10)11(13)14/h3,6-8H,4-5H2,1-2H3,(H,13,14). The Hall–Kier alpha value is -0.570. The van der Waals surface area contributed by atoms with Crippen LogP contribution in [-0.4, -0.2) is 47.4 Å². The molecule has 0 radical (unpaired) electrons. The molecule has 19 heavy (non-hydrogen) atoms. The zero-order valence-corrected chi connectivity index (χ0v) is 13.0. The van der Waals surface area contributed by atoms with E-state index in [1.807, 2.05) is 13.8 Å². The second kappa shape index (κ2) is 5.43. The molecule has 8 heteroatoms. The molecule has 1 N–H and O–H groups in total. The largest absolute Gasteiger partial charge is 0.478 e. The molecular weight excluding hydrogens is 306 g/mol. The van der Waals surface area contributed by atoms with Crippen LogP contribution in [0.4, 0.5) is 0 Å². The highest BCUT2D eigenvalue weighted by molar-refractivity contribution is 8.00. The van der Waals surface area contributed by atoms with Crippen molar-refractivity contribution in [2.24, 2.45) is 0 Å². The molecule has 1 aliphatic rings. The minimum Gasteiger partial charge on any atom is -0.478 e. The van der Waals surface area contributed by atoms with Crippen molar-refractivity contribution in [2.75, 3.05) is 13.1 Å². The summed E-state index contributed by atoms with van der Waals surface area (Å²) in [7, 11) is -3.57. The molecule has 5 nitrogen and oxygen atoms in total. The summed E-state index contributed by atoms with van der Waals surface area (Å²) in [4.78, 5) is 10.8. The maximum atomic E-state index is 12.4. The molecule has 1 aromatic heterocycles. The molecule has 2 rings (SSSR count). The highest BCUT2D eigenvalue weighted by Gasteiger charge is 2.33. The fourth-order valence-corrected chi connectivity index (χ4v) is 6.46. The summed E-state index contributed by atoms with van der Waals surface area (Å²) < 4.78 is 26.5. The van der Waals surface area contributed by atoms with Gasteiger partial charge in [-0.25, -0.2) is 13.2 Å². The van der Waals surface area contributed by atoms with Gasteiger partial charge in [0.25, 0.3) is 10.0 Å². The minimum absolute atomic E-state index is 0.0241. The van der Waals surface area contributed by atoms with E-state index >= 15 is 0 Å². The summed E-state index contributed by atoms with van der Waals surface area (Å²) in [6.07, 6.45) is 0. The number of thiophene rings is 1. The molecule has 2 atom stereocenters. The Morgan fingerprint density at radius 3 is 2.42 bits per heavy atom. The van der Waals surface area contributed by atoms with Gasteiger partial charge >= 0.3 is 5.97 Å². The molecule has 1 aromatic rings. The number of rotatable bonds is 3. The van der Waals surface area contributed by atoms with Crippen LogP contribution in [0.3, 0.4) is 0 Å². The Balaban J connectivity index is 2.28. The number of nitrogens with zero attached hydrogens (tertiary/aromatic N) is 1. The van der Waals surface area contributed by atoms with Gasteiger partial charge in [-0.05, 0) is 6.07 Å². The van der Waals surface area contributed by atoms with Crippen LogP contribution in [0.5, 0.6) is 0 Å². The number of carboxylic acids is 1. The zero-order chi connectivity index (χ0) is 14.2. The number of aromatic carboxylic acids is 1. The molecule has 0 amide bonds. The number of thioether (sulfide) groups is 1. The van der Waals surface area contributed by atoms with Gasteiger partial charge in [-0.3, -0.25) is 0 Å². The summed E-state index contributed by atoms with van der Waals surface area (Å²) in [5.41, 5.74) is 0.0241. The number of hydrogen-bond acceptors (Lipinski definition) is 5. The third kappa shape index (κ3) is 3.13. The number of sulfonamides is 1. The first-order valence-electron chi connectivity index (χ1n) is 5.78. The van der Waals surface area contributed by atoms with Gasteiger partial charge in [-0.1, -0.05) is 13.8 Å². The van der Waals surface area contributed by atoms with E-state index in [0.29, 0.717) is 13.1 Å². The lowest BCUT2D eigenvalue weighted by molar-refractivity contribution is 0.0697. The zero-order valence-electron chi connectivity index (χ0n) is 10.6. The Morgan fingerprint density at radius 2 is 1.95 bits per heavy atom. The maximum Gasteiger partial charge on any atom is 0.336 e. The van der Waals surface area contributed by atoms with E-state index in [-0.39, 0.29) is 20.3 Å². The SMILES string of the molecule is CC1CN(S(=O)(=O)c2cc(C(=O)O)cs2)CC(C)S1. The van der Waals surface area contributed by atoms with Crippen molar-refractivity contribution >= 4 is 39.1 Å². The van der Waals surface area contributed by atoms with Crippen molar-refractivity contribution in [3.05, 3.63) is 17.0 Å². The third-order valence-corrected chi connectivity index (χ3v) is 7.28. The Morgan fingerprint density at radius 1 is 1.37 bits per heavy atom. The fourth-order valence-electron chi connectivity index (χ4n) is 2.02. The van der Waals surface area contributed by atoms with Crippen LogP contribution in [0.1, 0.15) is 24.2 Å². The van der Waals surface area contributed by atoms with E-state index in [9.17, 15) is 13.2 Å². The van der Waals surface area contributed by atoms with Crippen LogP contribution < -0.4 is 0 Å². The van der Waals surface area contributed by atoms with E-state index in [1.165, 1.54) is 15.8 Å². The topological polar surface area (TPSA) is 74.7 Å². The lowest BCUT2D eigenvalue weighted by atomic mass is 10.4. The predicted octanol–water partition coefficient (Wildman–Crippen LogP) is 1.96. The summed E-state index contributed by atoms with van der Waals surface area (Å²) in [5, 5.41) is 10.7. The minimum atomic E-state index is -3.57. The smallest absolute Gasteiger partial charge is 0.336 e.